The number of fused-ring (bicyclic) bond motifs is 1. The van der Waals surface area contributed by atoms with Gasteiger partial charge in [0.15, 0.2) is 11.5 Å². The van der Waals surface area contributed by atoms with Crippen molar-refractivity contribution in [2.45, 2.75) is 6.61 Å². The molecule has 1 N–H and O–H groups in total. The molecule has 0 saturated carbocycles. The van der Waals surface area contributed by atoms with E-state index in [9.17, 15) is 20.2 Å². The van der Waals surface area contributed by atoms with Gasteiger partial charge in [-0.15, -0.1) is 11.3 Å². The quantitative estimate of drug-likeness (QED) is 0.181. The molecule has 0 aliphatic rings. The summed E-state index contributed by atoms with van der Waals surface area (Å²) in [7, 11) is 1.47. The van der Waals surface area contributed by atoms with E-state index < -0.39 is 10.8 Å². The summed E-state index contributed by atoms with van der Waals surface area (Å²) in [6.45, 7) is 0.127. The molecule has 1 heterocycles. The van der Waals surface area contributed by atoms with Crippen molar-refractivity contribution in [3.8, 4) is 17.6 Å². The minimum Gasteiger partial charge on any atom is -0.493 e. The van der Waals surface area contributed by atoms with Crippen LogP contribution in [0.15, 0.2) is 65.8 Å². The number of nitrogens with one attached hydrogen (secondary N) is 1. The number of nitro benzene ring substituents is 1. The van der Waals surface area contributed by atoms with Crippen LogP contribution in [0.2, 0.25) is 5.02 Å². The number of thiophene rings is 1. The molecule has 11 heteroatoms. The number of benzene rings is 3. The van der Waals surface area contributed by atoms with Crippen LogP contribution >= 0.6 is 22.9 Å². The normalized spacial score (nSPS) is 10.8. The van der Waals surface area contributed by atoms with Crippen molar-refractivity contribution >= 4 is 50.8 Å². The van der Waals surface area contributed by atoms with Crippen LogP contribution in [0, 0.1) is 21.4 Å². The van der Waals surface area contributed by atoms with Crippen molar-refractivity contribution < 1.29 is 19.2 Å². The Hall–Kier alpha value is -4.46. The van der Waals surface area contributed by atoms with E-state index in [-0.39, 0.29) is 17.3 Å². The van der Waals surface area contributed by atoms with Crippen molar-refractivity contribution in [2.24, 2.45) is 5.10 Å². The number of rotatable bonds is 8. The zero-order valence-electron chi connectivity index (χ0n) is 18.7. The number of hydrogen-bond donors (Lipinski definition) is 1. The SMILES string of the molecule is COc1cc(/C=N\NC(=O)c2cc3cc([N+](=O)[O-])ccc3s2)cc(Cl)c1OCc1ccccc1C#N. The highest BCUT2D eigenvalue weighted by Gasteiger charge is 2.15. The minimum atomic E-state index is -0.484. The first-order valence-electron chi connectivity index (χ1n) is 10.4. The lowest BCUT2D eigenvalue weighted by Crippen LogP contribution is -2.16. The third-order valence-corrected chi connectivity index (χ3v) is 6.47. The van der Waals surface area contributed by atoms with Crippen LogP contribution in [-0.2, 0) is 6.61 Å². The summed E-state index contributed by atoms with van der Waals surface area (Å²) in [5, 5.41) is 25.0. The molecule has 0 spiro atoms. The van der Waals surface area contributed by atoms with Gasteiger partial charge in [0.2, 0.25) is 0 Å². The van der Waals surface area contributed by atoms with Crippen LogP contribution in [0.4, 0.5) is 5.69 Å². The molecule has 0 aliphatic carbocycles. The summed E-state index contributed by atoms with van der Waals surface area (Å²) in [6.07, 6.45) is 1.40. The maximum absolute atomic E-state index is 12.5. The summed E-state index contributed by atoms with van der Waals surface area (Å²) in [5.74, 6) is 0.215. The van der Waals surface area contributed by atoms with E-state index in [4.69, 9.17) is 21.1 Å². The van der Waals surface area contributed by atoms with Crippen LogP contribution in [0.5, 0.6) is 11.5 Å². The van der Waals surface area contributed by atoms with E-state index in [0.29, 0.717) is 38.5 Å². The van der Waals surface area contributed by atoms with Crippen LogP contribution in [-0.4, -0.2) is 24.2 Å². The van der Waals surface area contributed by atoms with Crippen LogP contribution in [0.25, 0.3) is 10.1 Å². The van der Waals surface area contributed by atoms with E-state index in [1.807, 2.05) is 6.07 Å². The van der Waals surface area contributed by atoms with E-state index in [0.717, 1.165) is 4.70 Å². The van der Waals surface area contributed by atoms with E-state index >= 15 is 0 Å². The molecule has 4 rings (SSSR count). The van der Waals surface area contributed by atoms with Crippen molar-refractivity contribution in [3.05, 3.63) is 97.4 Å². The van der Waals surface area contributed by atoms with E-state index in [1.54, 1.807) is 42.5 Å². The number of hydrogen-bond acceptors (Lipinski definition) is 8. The molecule has 0 atom stereocenters. The van der Waals surface area contributed by atoms with Gasteiger partial charge >= 0.3 is 0 Å². The minimum absolute atomic E-state index is 0.0437. The molecule has 1 amide bonds. The molecule has 1 aromatic heterocycles. The van der Waals surface area contributed by atoms with Gasteiger partial charge in [-0.1, -0.05) is 29.8 Å². The third-order valence-electron chi connectivity index (χ3n) is 5.08. The number of non-ortho nitro benzene ring substituents is 1. The number of amides is 1. The average Bonchev–Trinajstić information content (AvgIpc) is 3.31. The number of nitrogens with zero attached hydrogens (tertiary/aromatic N) is 3. The van der Waals surface area contributed by atoms with Gasteiger partial charge in [0.05, 0.1) is 39.8 Å². The molecule has 0 fully saturated rings. The summed E-state index contributed by atoms with van der Waals surface area (Å²) in [6, 6.07) is 18.4. The molecule has 0 aliphatic heterocycles. The number of nitriles is 1. The topological polar surface area (TPSA) is 127 Å². The molecule has 0 saturated heterocycles. The van der Waals surface area contributed by atoms with Gasteiger partial charge in [0.1, 0.15) is 6.61 Å². The lowest BCUT2D eigenvalue weighted by atomic mass is 10.1. The maximum Gasteiger partial charge on any atom is 0.281 e. The Morgan fingerprint density at radius 2 is 2.06 bits per heavy atom. The third kappa shape index (κ3) is 5.43. The molecule has 3 aromatic carbocycles. The lowest BCUT2D eigenvalue weighted by Gasteiger charge is -2.14. The number of carbonyl (C=O) groups excluding carboxylic acids is 1. The van der Waals surface area contributed by atoms with Crippen molar-refractivity contribution in [2.75, 3.05) is 7.11 Å². The Kier molecular flexibility index (Phi) is 7.44. The smallest absolute Gasteiger partial charge is 0.281 e. The fourth-order valence-corrected chi connectivity index (χ4v) is 4.54. The number of halogens is 1. The Bertz CT molecular complexity index is 1540. The molecule has 4 aromatic rings. The molecular weight excluding hydrogens is 504 g/mol. The van der Waals surface area contributed by atoms with Gasteiger partial charge in [0, 0.05) is 27.8 Å². The zero-order chi connectivity index (χ0) is 25.7. The second kappa shape index (κ2) is 10.9. The lowest BCUT2D eigenvalue weighted by molar-refractivity contribution is -0.384. The number of carbonyl (C=O) groups is 1. The predicted octanol–water partition coefficient (Wildman–Crippen LogP) is 5.69. The first kappa shape index (κ1) is 24.7. The van der Waals surface area contributed by atoms with Crippen LogP contribution < -0.4 is 14.9 Å². The highest BCUT2D eigenvalue weighted by Crippen LogP contribution is 2.37. The molecule has 0 unspecified atom stereocenters. The van der Waals surface area contributed by atoms with Crippen molar-refractivity contribution in [1.29, 1.82) is 5.26 Å². The summed E-state index contributed by atoms with van der Waals surface area (Å²) >= 11 is 7.61. The standard InChI is InChI=1S/C25H17ClN4O5S/c1-34-21-9-15(8-20(26)24(21)35-14-17-5-3-2-4-16(17)12-27)13-28-29-25(31)23-11-18-10-19(30(32)33)6-7-22(18)36-23/h2-11,13H,14H2,1H3,(H,29,31)/b28-13-. The van der Waals surface area contributed by atoms with E-state index in [2.05, 4.69) is 16.6 Å². The fraction of sp³-hybridized carbons (Fsp3) is 0.0800. The molecule has 0 radical (unpaired) electrons. The zero-order valence-corrected chi connectivity index (χ0v) is 20.3. The summed E-state index contributed by atoms with van der Waals surface area (Å²) < 4.78 is 12.0. The number of nitro groups is 1. The van der Waals surface area contributed by atoms with Crippen LogP contribution in [0.1, 0.15) is 26.4 Å². The van der Waals surface area contributed by atoms with Crippen molar-refractivity contribution in [1.82, 2.24) is 5.43 Å². The Morgan fingerprint density at radius 1 is 1.25 bits per heavy atom. The van der Waals surface area contributed by atoms with Gasteiger partial charge in [-0.3, -0.25) is 14.9 Å². The number of methoxy groups -OCH3 is 1. The average molecular weight is 521 g/mol. The Morgan fingerprint density at radius 3 is 2.81 bits per heavy atom. The second-order valence-electron chi connectivity index (χ2n) is 7.38. The van der Waals surface area contributed by atoms with Gasteiger partial charge in [0.25, 0.3) is 11.6 Å². The molecule has 180 valence electrons. The largest absolute Gasteiger partial charge is 0.493 e. The first-order valence-corrected chi connectivity index (χ1v) is 11.6. The predicted molar refractivity (Wildman–Crippen MR) is 137 cm³/mol. The van der Waals surface area contributed by atoms with Crippen molar-refractivity contribution in [3.63, 3.8) is 0 Å². The highest BCUT2D eigenvalue weighted by molar-refractivity contribution is 7.20. The second-order valence-corrected chi connectivity index (χ2v) is 8.87. The fourth-order valence-electron chi connectivity index (χ4n) is 3.34. The van der Waals surface area contributed by atoms with E-state index in [1.165, 1.54) is 36.8 Å². The molecule has 36 heavy (non-hydrogen) atoms. The van der Waals surface area contributed by atoms with Gasteiger partial charge in [-0.05, 0) is 35.9 Å². The molecular formula is C25H17ClN4O5S. The Labute approximate surface area is 214 Å². The van der Waals surface area contributed by atoms with Gasteiger partial charge < -0.3 is 9.47 Å². The van der Waals surface area contributed by atoms with Crippen LogP contribution in [0.3, 0.4) is 0 Å². The highest BCUT2D eigenvalue weighted by atomic mass is 35.5. The first-order chi connectivity index (χ1) is 17.4. The monoisotopic (exact) mass is 520 g/mol. The molecule has 9 nitrogen and oxygen atoms in total. The van der Waals surface area contributed by atoms with Gasteiger partial charge in [-0.25, -0.2) is 5.43 Å². The number of hydrazone groups is 1. The summed E-state index contributed by atoms with van der Waals surface area (Å²) in [4.78, 5) is 23.3. The Balaban J connectivity index is 1.46. The van der Waals surface area contributed by atoms with Gasteiger partial charge in [-0.2, -0.15) is 10.4 Å². The molecule has 0 bridgehead atoms. The number of ether oxygens (including phenoxy) is 2. The summed E-state index contributed by atoms with van der Waals surface area (Å²) in [5.41, 5.74) is 4.16. The maximum atomic E-state index is 12.5.